The first kappa shape index (κ1) is 16.4. The molecule has 1 fully saturated rings. The Kier molecular flexibility index (Phi) is 4.99. The maximum Gasteiger partial charge on any atom is 0.327 e. The van der Waals surface area contributed by atoms with Crippen LogP contribution in [0.1, 0.15) is 29.8 Å². The van der Waals surface area contributed by atoms with Gasteiger partial charge in [-0.2, -0.15) is 0 Å². The number of hydrogen-bond donors (Lipinski definition) is 1. The lowest BCUT2D eigenvalue weighted by atomic mass is 10.1. The van der Waals surface area contributed by atoms with Crippen molar-refractivity contribution in [1.82, 2.24) is 4.90 Å². The summed E-state index contributed by atoms with van der Waals surface area (Å²) in [5, 5.41) is 9.27. The fourth-order valence-electron chi connectivity index (χ4n) is 2.50. The number of halogens is 1. The summed E-state index contributed by atoms with van der Waals surface area (Å²) >= 11 is 4.92. The van der Waals surface area contributed by atoms with Gasteiger partial charge < -0.3 is 10.0 Å². The van der Waals surface area contributed by atoms with Crippen LogP contribution in [0.2, 0.25) is 0 Å². The van der Waals surface area contributed by atoms with E-state index in [9.17, 15) is 14.7 Å². The highest BCUT2D eigenvalue weighted by atomic mass is 79.9. The molecule has 2 unspecified atom stereocenters. The van der Waals surface area contributed by atoms with Crippen LogP contribution in [-0.2, 0) is 4.79 Å². The van der Waals surface area contributed by atoms with Crippen molar-refractivity contribution < 1.29 is 14.7 Å². The van der Waals surface area contributed by atoms with E-state index < -0.39 is 12.0 Å². The maximum absolute atomic E-state index is 12.8. The lowest BCUT2D eigenvalue weighted by Crippen LogP contribution is -2.47. The van der Waals surface area contributed by atoms with Crippen LogP contribution in [0.5, 0.6) is 0 Å². The van der Waals surface area contributed by atoms with Crippen molar-refractivity contribution in [3.8, 4) is 0 Å². The van der Waals surface area contributed by atoms with Gasteiger partial charge in [0.1, 0.15) is 6.04 Å². The third-order valence-electron chi connectivity index (χ3n) is 3.41. The zero-order valence-corrected chi connectivity index (χ0v) is 14.6. The number of rotatable bonds is 3. The van der Waals surface area contributed by atoms with E-state index in [-0.39, 0.29) is 17.2 Å². The number of nitrogens with zero attached hydrogens (tertiary/aromatic N) is 1. The van der Waals surface area contributed by atoms with Gasteiger partial charge in [-0.25, -0.2) is 4.79 Å². The Labute approximate surface area is 137 Å². The smallest absolute Gasteiger partial charge is 0.327 e. The molecule has 0 aliphatic carbocycles. The largest absolute Gasteiger partial charge is 0.480 e. The van der Waals surface area contributed by atoms with Crippen molar-refractivity contribution in [1.29, 1.82) is 0 Å². The number of carbonyl (C=O) groups excluding carboxylic acids is 1. The van der Waals surface area contributed by atoms with Crippen molar-refractivity contribution >= 4 is 39.6 Å². The molecule has 6 heteroatoms. The molecular formula is C15H18BrNO3S. The highest BCUT2D eigenvalue weighted by molar-refractivity contribution is 9.10. The lowest BCUT2D eigenvalue weighted by molar-refractivity contribution is -0.141. The Hall–Kier alpha value is -1.01. The minimum absolute atomic E-state index is 0.0992. The number of carbonyl (C=O) groups is 2. The molecule has 21 heavy (non-hydrogen) atoms. The van der Waals surface area contributed by atoms with Crippen molar-refractivity contribution in [3.63, 3.8) is 0 Å². The van der Waals surface area contributed by atoms with Gasteiger partial charge in [-0.05, 0) is 36.6 Å². The fourth-order valence-corrected chi connectivity index (χ4v) is 4.58. The van der Waals surface area contributed by atoms with E-state index in [0.717, 1.165) is 10.0 Å². The van der Waals surface area contributed by atoms with E-state index >= 15 is 0 Å². The first-order valence-corrected chi connectivity index (χ1v) is 8.59. The van der Waals surface area contributed by atoms with E-state index in [0.29, 0.717) is 11.3 Å². The molecule has 2 rings (SSSR count). The molecule has 1 N–H and O–H groups in total. The third-order valence-corrected chi connectivity index (χ3v) is 5.49. The monoisotopic (exact) mass is 371 g/mol. The number of aryl methyl sites for hydroxylation is 1. The number of carboxylic acid groups (broad SMARTS) is 1. The molecule has 0 spiro atoms. The number of carboxylic acids is 1. The lowest BCUT2D eigenvalue weighted by Gasteiger charge is -2.30. The van der Waals surface area contributed by atoms with Crippen LogP contribution in [0.4, 0.5) is 0 Å². The van der Waals surface area contributed by atoms with Gasteiger partial charge in [0, 0.05) is 15.8 Å². The number of benzene rings is 1. The van der Waals surface area contributed by atoms with Crippen molar-refractivity contribution in [2.24, 2.45) is 5.92 Å². The Bertz CT molecular complexity index is 556. The van der Waals surface area contributed by atoms with Gasteiger partial charge in [0.05, 0.1) is 5.37 Å². The third kappa shape index (κ3) is 3.43. The second kappa shape index (κ2) is 6.40. The molecule has 0 saturated carbocycles. The van der Waals surface area contributed by atoms with Gasteiger partial charge in [0.2, 0.25) is 0 Å². The first-order valence-electron chi connectivity index (χ1n) is 6.75. The van der Waals surface area contributed by atoms with Crippen LogP contribution in [0.3, 0.4) is 0 Å². The van der Waals surface area contributed by atoms with Gasteiger partial charge in [-0.3, -0.25) is 4.79 Å². The molecule has 0 aromatic heterocycles. The molecule has 1 aliphatic heterocycles. The predicted octanol–water partition coefficient (Wildman–Crippen LogP) is 3.38. The highest BCUT2D eigenvalue weighted by Gasteiger charge is 2.43. The molecule has 114 valence electrons. The molecule has 0 radical (unpaired) electrons. The molecule has 1 heterocycles. The fraction of sp³-hybridized carbons (Fsp3) is 0.467. The number of aliphatic carboxylic acids is 1. The molecule has 2 atom stereocenters. The molecule has 1 aliphatic rings. The number of hydrogen-bond acceptors (Lipinski definition) is 3. The first-order chi connectivity index (χ1) is 9.81. The predicted molar refractivity (Wildman–Crippen MR) is 87.6 cm³/mol. The normalized spacial score (nSPS) is 21.9. The van der Waals surface area contributed by atoms with Gasteiger partial charge in [0.15, 0.2) is 0 Å². The van der Waals surface area contributed by atoms with Crippen LogP contribution in [0.25, 0.3) is 0 Å². The molecular weight excluding hydrogens is 354 g/mol. The van der Waals surface area contributed by atoms with E-state index in [1.165, 1.54) is 16.7 Å². The molecule has 1 aromatic carbocycles. The minimum atomic E-state index is -0.939. The standard InChI is InChI=1S/C15H18BrNO3S/c1-8(2)14-17(12(7-21-14)15(19)20)13(18)10-4-9(3)5-11(16)6-10/h4-6,8,12,14H,7H2,1-3H3,(H,19,20). The summed E-state index contributed by atoms with van der Waals surface area (Å²) in [4.78, 5) is 25.8. The van der Waals surface area contributed by atoms with Crippen LogP contribution in [0, 0.1) is 12.8 Å². The van der Waals surface area contributed by atoms with E-state index in [1.807, 2.05) is 26.8 Å². The SMILES string of the molecule is Cc1cc(Br)cc(C(=O)N2C(C(=O)O)CSC2C(C)C)c1. The summed E-state index contributed by atoms with van der Waals surface area (Å²) in [6.07, 6.45) is 0. The van der Waals surface area contributed by atoms with Crippen LogP contribution in [0.15, 0.2) is 22.7 Å². The van der Waals surface area contributed by atoms with Crippen molar-refractivity contribution in [2.45, 2.75) is 32.2 Å². The molecule has 0 bridgehead atoms. The summed E-state index contributed by atoms with van der Waals surface area (Å²) < 4.78 is 0.825. The second-order valence-electron chi connectivity index (χ2n) is 5.55. The van der Waals surface area contributed by atoms with Gasteiger partial charge >= 0.3 is 5.97 Å². The van der Waals surface area contributed by atoms with Crippen molar-refractivity contribution in [3.05, 3.63) is 33.8 Å². The van der Waals surface area contributed by atoms with E-state index in [2.05, 4.69) is 15.9 Å². The van der Waals surface area contributed by atoms with Crippen molar-refractivity contribution in [2.75, 3.05) is 5.75 Å². The Balaban J connectivity index is 2.38. The average molecular weight is 372 g/mol. The van der Waals surface area contributed by atoms with Gasteiger partial charge in [-0.15, -0.1) is 11.8 Å². The minimum Gasteiger partial charge on any atom is -0.480 e. The van der Waals surface area contributed by atoms with Crippen LogP contribution < -0.4 is 0 Å². The summed E-state index contributed by atoms with van der Waals surface area (Å²) in [6, 6.07) is 4.71. The molecule has 4 nitrogen and oxygen atoms in total. The molecule has 1 aromatic rings. The Morgan fingerprint density at radius 2 is 2.05 bits per heavy atom. The number of thioether (sulfide) groups is 1. The van der Waals surface area contributed by atoms with Crippen LogP contribution >= 0.6 is 27.7 Å². The average Bonchev–Trinajstić information content (AvgIpc) is 2.81. The molecule has 1 amide bonds. The Morgan fingerprint density at radius 3 is 2.57 bits per heavy atom. The Morgan fingerprint density at radius 1 is 1.38 bits per heavy atom. The van der Waals surface area contributed by atoms with E-state index in [4.69, 9.17) is 0 Å². The number of amides is 1. The topological polar surface area (TPSA) is 57.6 Å². The van der Waals surface area contributed by atoms with Gasteiger partial charge in [-0.1, -0.05) is 29.8 Å². The zero-order chi connectivity index (χ0) is 15.7. The molecule has 1 saturated heterocycles. The van der Waals surface area contributed by atoms with E-state index in [1.54, 1.807) is 12.1 Å². The van der Waals surface area contributed by atoms with Crippen LogP contribution in [-0.4, -0.2) is 39.1 Å². The maximum atomic E-state index is 12.8. The summed E-state index contributed by atoms with van der Waals surface area (Å²) in [7, 11) is 0. The zero-order valence-electron chi connectivity index (χ0n) is 12.2. The quantitative estimate of drug-likeness (QED) is 0.884. The summed E-state index contributed by atoms with van der Waals surface area (Å²) in [5.74, 6) is -0.505. The second-order valence-corrected chi connectivity index (χ2v) is 7.62. The summed E-state index contributed by atoms with van der Waals surface area (Å²) in [6.45, 7) is 5.93. The summed E-state index contributed by atoms with van der Waals surface area (Å²) in [5.41, 5.74) is 1.49. The highest BCUT2D eigenvalue weighted by Crippen LogP contribution is 2.35. The van der Waals surface area contributed by atoms with Gasteiger partial charge in [0.25, 0.3) is 5.91 Å².